The van der Waals surface area contributed by atoms with Crippen LogP contribution in [0.5, 0.6) is 0 Å². The van der Waals surface area contributed by atoms with Gasteiger partial charge in [-0.25, -0.2) is 13.4 Å². The van der Waals surface area contributed by atoms with Crippen LogP contribution in [0.3, 0.4) is 0 Å². The fourth-order valence-corrected chi connectivity index (χ4v) is 5.20. The Morgan fingerprint density at radius 1 is 1.19 bits per heavy atom. The Labute approximate surface area is 183 Å². The molecule has 0 bridgehead atoms. The molecule has 8 nitrogen and oxygen atoms in total. The summed E-state index contributed by atoms with van der Waals surface area (Å²) >= 11 is 0. The zero-order chi connectivity index (χ0) is 22.6. The van der Waals surface area contributed by atoms with Crippen molar-refractivity contribution in [2.24, 2.45) is 0 Å². The van der Waals surface area contributed by atoms with E-state index in [4.69, 9.17) is 5.26 Å². The second kappa shape index (κ2) is 9.45. The lowest BCUT2D eigenvalue weighted by atomic mass is 10.2. The Bertz CT molecular complexity index is 1110. The third-order valence-corrected chi connectivity index (χ3v) is 7.49. The first-order valence-electron chi connectivity index (χ1n) is 10.4. The molecule has 0 atom stereocenters. The van der Waals surface area contributed by atoms with E-state index in [0.29, 0.717) is 30.0 Å². The molecule has 1 aliphatic rings. The van der Waals surface area contributed by atoms with Gasteiger partial charge in [0.25, 0.3) is 5.91 Å². The smallest absolute Gasteiger partial charge is 0.274 e. The number of sulfonamides is 1. The van der Waals surface area contributed by atoms with Gasteiger partial charge in [-0.1, -0.05) is 13.8 Å². The summed E-state index contributed by atoms with van der Waals surface area (Å²) in [6, 6.07) is 9.96. The van der Waals surface area contributed by atoms with Gasteiger partial charge >= 0.3 is 0 Å². The molecule has 2 aromatic rings. The van der Waals surface area contributed by atoms with E-state index in [1.165, 1.54) is 16.4 Å². The molecule has 1 fully saturated rings. The summed E-state index contributed by atoms with van der Waals surface area (Å²) < 4.78 is 27.4. The van der Waals surface area contributed by atoms with E-state index in [0.717, 1.165) is 31.6 Å². The van der Waals surface area contributed by atoms with Gasteiger partial charge in [0, 0.05) is 26.2 Å². The minimum Gasteiger partial charge on any atom is -0.370 e. The summed E-state index contributed by atoms with van der Waals surface area (Å²) in [7, 11) is -3.67. The van der Waals surface area contributed by atoms with E-state index >= 15 is 0 Å². The standard InChI is InChI=1S/C22H27N5O3S/c1-4-27(5-2)31(29,30)18-9-11-21(26-12-6-7-13-26)20(14-18)25-22(28)19-10-8-17(15-23)16(3)24-19/h8-11,14H,4-7,12-13H2,1-3H3,(H,25,28). The predicted molar refractivity (Wildman–Crippen MR) is 120 cm³/mol. The predicted octanol–water partition coefficient (Wildman–Crippen LogP) is 3.14. The first-order chi connectivity index (χ1) is 14.8. The van der Waals surface area contributed by atoms with Crippen LogP contribution in [0.2, 0.25) is 0 Å². The average molecular weight is 442 g/mol. The van der Waals surface area contributed by atoms with Crippen LogP contribution in [0, 0.1) is 18.3 Å². The summed E-state index contributed by atoms with van der Waals surface area (Å²) in [5.74, 6) is -0.453. The van der Waals surface area contributed by atoms with Crippen LogP contribution >= 0.6 is 0 Å². The number of nitriles is 1. The van der Waals surface area contributed by atoms with Gasteiger partial charge in [-0.3, -0.25) is 4.79 Å². The van der Waals surface area contributed by atoms with Gasteiger partial charge in [0.1, 0.15) is 11.8 Å². The first-order valence-corrected chi connectivity index (χ1v) is 11.8. The molecule has 2 heterocycles. The number of pyridine rings is 1. The van der Waals surface area contributed by atoms with Crippen molar-refractivity contribution in [3.8, 4) is 6.07 Å². The van der Waals surface area contributed by atoms with Crippen molar-refractivity contribution in [2.75, 3.05) is 36.4 Å². The molecule has 3 rings (SSSR count). The molecule has 0 saturated carbocycles. The van der Waals surface area contributed by atoms with E-state index in [-0.39, 0.29) is 10.6 Å². The van der Waals surface area contributed by atoms with Gasteiger partial charge in [0.2, 0.25) is 10.0 Å². The molecule has 0 spiro atoms. The number of hydrogen-bond donors (Lipinski definition) is 1. The first kappa shape index (κ1) is 22.7. The third-order valence-electron chi connectivity index (χ3n) is 5.45. The number of carbonyl (C=O) groups excluding carboxylic acids is 1. The minimum atomic E-state index is -3.67. The number of aryl methyl sites for hydroxylation is 1. The molecule has 9 heteroatoms. The Hall–Kier alpha value is -2.96. The molecule has 0 unspecified atom stereocenters. The average Bonchev–Trinajstić information content (AvgIpc) is 3.29. The summed E-state index contributed by atoms with van der Waals surface area (Å²) in [5, 5.41) is 11.9. The largest absolute Gasteiger partial charge is 0.370 e. The second-order valence-electron chi connectivity index (χ2n) is 7.36. The Balaban J connectivity index is 2.00. The molecule has 1 amide bonds. The lowest BCUT2D eigenvalue weighted by Crippen LogP contribution is -2.31. The van der Waals surface area contributed by atoms with Gasteiger partial charge in [-0.2, -0.15) is 9.57 Å². The van der Waals surface area contributed by atoms with Crippen molar-refractivity contribution in [3.05, 3.63) is 47.3 Å². The van der Waals surface area contributed by atoms with Crippen molar-refractivity contribution in [1.82, 2.24) is 9.29 Å². The quantitative estimate of drug-likeness (QED) is 0.707. The van der Waals surface area contributed by atoms with Crippen LogP contribution in [-0.4, -0.2) is 49.8 Å². The number of anilines is 2. The van der Waals surface area contributed by atoms with E-state index in [1.54, 1.807) is 39.0 Å². The van der Waals surface area contributed by atoms with Crippen molar-refractivity contribution >= 4 is 27.3 Å². The highest BCUT2D eigenvalue weighted by atomic mass is 32.2. The fourth-order valence-electron chi connectivity index (χ4n) is 3.71. The molecule has 1 aromatic carbocycles. The number of aromatic nitrogens is 1. The van der Waals surface area contributed by atoms with Crippen molar-refractivity contribution in [1.29, 1.82) is 5.26 Å². The Morgan fingerprint density at radius 2 is 1.87 bits per heavy atom. The lowest BCUT2D eigenvalue weighted by molar-refractivity contribution is 0.102. The summed E-state index contributed by atoms with van der Waals surface area (Å²) in [4.78, 5) is 19.4. The van der Waals surface area contributed by atoms with E-state index in [9.17, 15) is 13.2 Å². The highest BCUT2D eigenvalue weighted by Gasteiger charge is 2.25. The van der Waals surface area contributed by atoms with Gasteiger partial charge in [-0.15, -0.1) is 0 Å². The summed E-state index contributed by atoms with van der Waals surface area (Å²) in [6.07, 6.45) is 2.09. The van der Waals surface area contributed by atoms with Crippen LogP contribution < -0.4 is 10.2 Å². The maximum absolute atomic E-state index is 13.0. The minimum absolute atomic E-state index is 0.137. The molecule has 1 saturated heterocycles. The maximum atomic E-state index is 13.0. The molecule has 1 aliphatic heterocycles. The molecule has 31 heavy (non-hydrogen) atoms. The zero-order valence-corrected chi connectivity index (χ0v) is 18.9. The summed E-state index contributed by atoms with van der Waals surface area (Å²) in [5.41, 5.74) is 2.26. The molecule has 1 aromatic heterocycles. The number of rotatable bonds is 7. The Kier molecular flexibility index (Phi) is 6.93. The lowest BCUT2D eigenvalue weighted by Gasteiger charge is -2.24. The number of carbonyl (C=O) groups is 1. The molecule has 0 aliphatic carbocycles. The summed E-state index contributed by atoms with van der Waals surface area (Å²) in [6.45, 7) is 7.68. The van der Waals surface area contributed by atoms with Crippen LogP contribution in [0.1, 0.15) is 48.4 Å². The highest BCUT2D eigenvalue weighted by molar-refractivity contribution is 7.89. The van der Waals surface area contributed by atoms with Gasteiger partial charge < -0.3 is 10.2 Å². The van der Waals surface area contributed by atoms with Crippen molar-refractivity contribution in [3.63, 3.8) is 0 Å². The number of hydrogen-bond acceptors (Lipinski definition) is 6. The highest BCUT2D eigenvalue weighted by Crippen LogP contribution is 2.32. The normalized spacial score (nSPS) is 14.0. The topological polar surface area (TPSA) is 106 Å². The third kappa shape index (κ3) is 4.70. The zero-order valence-electron chi connectivity index (χ0n) is 18.1. The molecule has 164 valence electrons. The second-order valence-corrected chi connectivity index (χ2v) is 9.30. The fraction of sp³-hybridized carbons (Fsp3) is 0.409. The van der Waals surface area contributed by atoms with Crippen LogP contribution in [-0.2, 0) is 10.0 Å². The molecular formula is C22H27N5O3S. The van der Waals surface area contributed by atoms with Crippen molar-refractivity contribution in [2.45, 2.75) is 38.5 Å². The van der Waals surface area contributed by atoms with Gasteiger partial charge in [-0.05, 0) is 50.1 Å². The van der Waals surface area contributed by atoms with E-state index in [2.05, 4.69) is 15.2 Å². The Morgan fingerprint density at radius 3 is 2.45 bits per heavy atom. The van der Waals surface area contributed by atoms with Crippen LogP contribution in [0.25, 0.3) is 0 Å². The van der Waals surface area contributed by atoms with Crippen LogP contribution in [0.15, 0.2) is 35.2 Å². The van der Waals surface area contributed by atoms with Crippen molar-refractivity contribution < 1.29 is 13.2 Å². The van der Waals surface area contributed by atoms with E-state index < -0.39 is 15.9 Å². The molecule has 0 radical (unpaired) electrons. The van der Waals surface area contributed by atoms with Crippen LogP contribution in [0.4, 0.5) is 11.4 Å². The monoisotopic (exact) mass is 441 g/mol. The van der Waals surface area contributed by atoms with Gasteiger partial charge in [0.15, 0.2) is 0 Å². The van der Waals surface area contributed by atoms with E-state index in [1.807, 2.05) is 6.07 Å². The number of amides is 1. The number of nitrogens with zero attached hydrogens (tertiary/aromatic N) is 4. The SMILES string of the molecule is CCN(CC)S(=O)(=O)c1ccc(N2CCCC2)c(NC(=O)c2ccc(C#N)c(C)n2)c1. The molecular weight excluding hydrogens is 414 g/mol. The number of benzene rings is 1. The van der Waals surface area contributed by atoms with Gasteiger partial charge in [0.05, 0.1) is 27.5 Å². The number of nitrogens with one attached hydrogen (secondary N) is 1. The maximum Gasteiger partial charge on any atom is 0.274 e. The molecule has 1 N–H and O–H groups in total.